The number of nitriles is 1. The predicted molar refractivity (Wildman–Crippen MR) is 56.9 cm³/mol. The van der Waals surface area contributed by atoms with E-state index in [1.54, 1.807) is 6.07 Å². The van der Waals surface area contributed by atoms with Crippen LogP contribution in [0.4, 0.5) is 0 Å². The first-order valence-electron chi connectivity index (χ1n) is 4.46. The summed E-state index contributed by atoms with van der Waals surface area (Å²) in [5.41, 5.74) is 1.74. The second kappa shape index (κ2) is 6.51. The Kier molecular flexibility index (Phi) is 6.01. The van der Waals surface area contributed by atoms with E-state index >= 15 is 0 Å². The minimum atomic E-state index is 0.634. The third-order valence-electron chi connectivity index (χ3n) is 1.49. The SMILES string of the molecule is CC.CCc1cc(Cl)cc(C#N)c1. The Hall–Kier alpha value is -1.00. The van der Waals surface area contributed by atoms with Gasteiger partial charge in [-0.1, -0.05) is 32.4 Å². The van der Waals surface area contributed by atoms with E-state index in [-0.39, 0.29) is 0 Å². The maximum absolute atomic E-state index is 8.57. The monoisotopic (exact) mass is 195 g/mol. The van der Waals surface area contributed by atoms with Crippen molar-refractivity contribution in [3.05, 3.63) is 34.3 Å². The Morgan fingerprint density at radius 1 is 1.31 bits per heavy atom. The van der Waals surface area contributed by atoms with Crippen LogP contribution in [0.2, 0.25) is 5.02 Å². The topological polar surface area (TPSA) is 23.8 Å². The van der Waals surface area contributed by atoms with Gasteiger partial charge in [0, 0.05) is 5.02 Å². The Morgan fingerprint density at radius 2 is 1.92 bits per heavy atom. The summed E-state index contributed by atoms with van der Waals surface area (Å²) in [5, 5.41) is 9.21. The molecule has 0 amide bonds. The summed E-state index contributed by atoms with van der Waals surface area (Å²) in [4.78, 5) is 0. The van der Waals surface area contributed by atoms with Gasteiger partial charge in [0.1, 0.15) is 0 Å². The molecule has 0 bridgehead atoms. The van der Waals surface area contributed by atoms with E-state index in [4.69, 9.17) is 16.9 Å². The molecule has 0 saturated carbocycles. The summed E-state index contributed by atoms with van der Waals surface area (Å²) in [6, 6.07) is 7.46. The fourth-order valence-electron chi connectivity index (χ4n) is 0.919. The van der Waals surface area contributed by atoms with Crippen molar-refractivity contribution in [2.75, 3.05) is 0 Å². The van der Waals surface area contributed by atoms with Crippen LogP contribution in [0.15, 0.2) is 18.2 Å². The summed E-state index contributed by atoms with van der Waals surface area (Å²) in [6.45, 7) is 6.03. The maximum Gasteiger partial charge on any atom is 0.0992 e. The first-order valence-corrected chi connectivity index (χ1v) is 4.83. The normalized spacial score (nSPS) is 8.23. The third kappa shape index (κ3) is 3.96. The Balaban J connectivity index is 0.000000671. The number of hydrogen-bond acceptors (Lipinski definition) is 1. The molecule has 70 valence electrons. The fourth-order valence-corrected chi connectivity index (χ4v) is 1.18. The van der Waals surface area contributed by atoms with Crippen LogP contribution in [-0.4, -0.2) is 0 Å². The van der Waals surface area contributed by atoms with Crippen molar-refractivity contribution in [1.82, 2.24) is 0 Å². The van der Waals surface area contributed by atoms with Gasteiger partial charge in [0.05, 0.1) is 11.6 Å². The van der Waals surface area contributed by atoms with Gasteiger partial charge >= 0.3 is 0 Å². The van der Waals surface area contributed by atoms with Crippen LogP contribution in [0.3, 0.4) is 0 Å². The summed E-state index contributed by atoms with van der Waals surface area (Å²) in [6.07, 6.45) is 0.912. The number of benzene rings is 1. The molecule has 1 aromatic carbocycles. The molecule has 0 radical (unpaired) electrons. The molecule has 1 nitrogen and oxygen atoms in total. The fraction of sp³-hybridized carbons (Fsp3) is 0.364. The molecule has 0 saturated heterocycles. The summed E-state index contributed by atoms with van der Waals surface area (Å²) in [7, 11) is 0. The lowest BCUT2D eigenvalue weighted by molar-refractivity contribution is 1.14. The lowest BCUT2D eigenvalue weighted by Gasteiger charge is -1.97. The zero-order valence-electron chi connectivity index (χ0n) is 8.26. The molecule has 0 spiro atoms. The molecule has 0 heterocycles. The van der Waals surface area contributed by atoms with E-state index in [1.165, 1.54) is 0 Å². The summed E-state index contributed by atoms with van der Waals surface area (Å²) in [5.74, 6) is 0. The van der Waals surface area contributed by atoms with Crippen molar-refractivity contribution >= 4 is 11.6 Å². The number of aryl methyl sites for hydroxylation is 1. The zero-order chi connectivity index (χ0) is 10.3. The molecular formula is C11H14ClN. The van der Waals surface area contributed by atoms with E-state index in [9.17, 15) is 0 Å². The van der Waals surface area contributed by atoms with E-state index in [2.05, 4.69) is 6.07 Å². The molecule has 0 aliphatic rings. The van der Waals surface area contributed by atoms with E-state index < -0.39 is 0 Å². The lowest BCUT2D eigenvalue weighted by atomic mass is 10.1. The quantitative estimate of drug-likeness (QED) is 0.669. The smallest absolute Gasteiger partial charge is 0.0992 e. The number of nitrogens with zero attached hydrogens (tertiary/aromatic N) is 1. The van der Waals surface area contributed by atoms with Gasteiger partial charge in [-0.05, 0) is 30.2 Å². The number of hydrogen-bond donors (Lipinski definition) is 0. The average Bonchev–Trinajstić information content (AvgIpc) is 2.20. The second-order valence-electron chi connectivity index (χ2n) is 2.31. The van der Waals surface area contributed by atoms with E-state index in [0.717, 1.165) is 12.0 Å². The van der Waals surface area contributed by atoms with Crippen LogP contribution in [0, 0.1) is 11.3 Å². The molecule has 0 aliphatic heterocycles. The Morgan fingerprint density at radius 3 is 2.38 bits per heavy atom. The molecule has 2 heteroatoms. The highest BCUT2D eigenvalue weighted by molar-refractivity contribution is 6.30. The van der Waals surface area contributed by atoms with Crippen LogP contribution >= 0.6 is 11.6 Å². The lowest BCUT2D eigenvalue weighted by Crippen LogP contribution is -1.82. The van der Waals surface area contributed by atoms with Crippen molar-refractivity contribution in [2.24, 2.45) is 0 Å². The minimum Gasteiger partial charge on any atom is -0.192 e. The molecule has 1 rings (SSSR count). The van der Waals surface area contributed by atoms with Gasteiger partial charge in [-0.15, -0.1) is 0 Å². The highest BCUT2D eigenvalue weighted by Gasteiger charge is 1.95. The van der Waals surface area contributed by atoms with Gasteiger partial charge in [-0.25, -0.2) is 0 Å². The molecule has 0 fully saturated rings. The van der Waals surface area contributed by atoms with Crippen LogP contribution in [0.1, 0.15) is 31.9 Å². The highest BCUT2D eigenvalue weighted by Crippen LogP contribution is 2.14. The van der Waals surface area contributed by atoms with Crippen LogP contribution in [0.25, 0.3) is 0 Å². The Labute approximate surface area is 85.0 Å². The first kappa shape index (κ1) is 12.0. The van der Waals surface area contributed by atoms with Crippen molar-refractivity contribution in [3.8, 4) is 6.07 Å². The van der Waals surface area contributed by atoms with Crippen molar-refractivity contribution in [3.63, 3.8) is 0 Å². The van der Waals surface area contributed by atoms with Crippen LogP contribution in [0.5, 0.6) is 0 Å². The minimum absolute atomic E-state index is 0.634. The molecule has 0 unspecified atom stereocenters. The summed E-state index contributed by atoms with van der Waals surface area (Å²) < 4.78 is 0. The molecule has 0 aromatic heterocycles. The van der Waals surface area contributed by atoms with Crippen LogP contribution < -0.4 is 0 Å². The Bertz CT molecular complexity index is 299. The van der Waals surface area contributed by atoms with Gasteiger partial charge in [0.2, 0.25) is 0 Å². The third-order valence-corrected chi connectivity index (χ3v) is 1.71. The highest BCUT2D eigenvalue weighted by atomic mass is 35.5. The van der Waals surface area contributed by atoms with Gasteiger partial charge < -0.3 is 0 Å². The van der Waals surface area contributed by atoms with Gasteiger partial charge in [0.25, 0.3) is 0 Å². The molecule has 0 aliphatic carbocycles. The van der Waals surface area contributed by atoms with Gasteiger partial charge in [-0.2, -0.15) is 5.26 Å². The number of rotatable bonds is 1. The largest absolute Gasteiger partial charge is 0.192 e. The molecule has 0 atom stereocenters. The van der Waals surface area contributed by atoms with Crippen molar-refractivity contribution < 1.29 is 0 Å². The van der Waals surface area contributed by atoms with Crippen molar-refractivity contribution in [2.45, 2.75) is 27.2 Å². The molecule has 13 heavy (non-hydrogen) atoms. The summed E-state index contributed by atoms with van der Waals surface area (Å²) >= 11 is 5.76. The van der Waals surface area contributed by atoms with E-state index in [0.29, 0.717) is 10.6 Å². The molecule has 0 N–H and O–H groups in total. The van der Waals surface area contributed by atoms with Crippen LogP contribution in [-0.2, 0) is 6.42 Å². The van der Waals surface area contributed by atoms with Gasteiger partial charge in [0.15, 0.2) is 0 Å². The zero-order valence-corrected chi connectivity index (χ0v) is 9.02. The second-order valence-corrected chi connectivity index (χ2v) is 2.75. The predicted octanol–water partition coefficient (Wildman–Crippen LogP) is 3.80. The van der Waals surface area contributed by atoms with Gasteiger partial charge in [-0.3, -0.25) is 0 Å². The van der Waals surface area contributed by atoms with E-state index in [1.807, 2.05) is 32.9 Å². The first-order chi connectivity index (χ1) is 6.26. The average molecular weight is 196 g/mol. The van der Waals surface area contributed by atoms with Crippen molar-refractivity contribution in [1.29, 1.82) is 5.26 Å². The maximum atomic E-state index is 8.57. The number of halogens is 1. The molecular weight excluding hydrogens is 182 g/mol. The molecule has 1 aromatic rings. The standard InChI is InChI=1S/C9H8ClN.C2H6/c1-2-7-3-8(6-11)5-9(10)4-7;1-2/h3-5H,2H2,1H3;1-2H3.